The van der Waals surface area contributed by atoms with E-state index < -0.39 is 12.1 Å². The lowest BCUT2D eigenvalue weighted by atomic mass is 10.1. The largest absolute Gasteiger partial charge is 0.490 e. The molecular weight excluding hydrogens is 458 g/mol. The highest BCUT2D eigenvalue weighted by molar-refractivity contribution is 6.33. The van der Waals surface area contributed by atoms with E-state index >= 15 is 0 Å². The van der Waals surface area contributed by atoms with Gasteiger partial charge in [-0.25, -0.2) is 9.59 Å². The fraction of sp³-hybridized carbons (Fsp3) is 0.200. The molecule has 1 aromatic heterocycles. The number of rotatable bonds is 8. The molecule has 1 heterocycles. The number of carboxylic acids is 1. The second kappa shape index (κ2) is 9.62. The molecule has 1 atom stereocenters. The van der Waals surface area contributed by atoms with E-state index in [-0.39, 0.29) is 17.9 Å². The highest BCUT2D eigenvalue weighted by Gasteiger charge is 2.15. The number of nitrogens with zero attached hydrogens (tertiary/aromatic N) is 2. The molecule has 0 bridgehead atoms. The van der Waals surface area contributed by atoms with Crippen molar-refractivity contribution in [1.82, 2.24) is 9.13 Å². The minimum absolute atomic E-state index is 0.0125. The van der Waals surface area contributed by atoms with Crippen LogP contribution in [0.1, 0.15) is 27.6 Å². The molecule has 8 nitrogen and oxygen atoms in total. The summed E-state index contributed by atoms with van der Waals surface area (Å²) in [7, 11) is 3.40. The number of hydrogen-bond donors (Lipinski definition) is 3. The maximum Gasteiger partial charge on any atom is 0.335 e. The number of hydrogen-bond acceptors (Lipinski definition) is 5. The standard InChI is InChI=1S/C25H24ClN3O5/c1-28-20-10-8-15(12-21(20)29(2)25(28)33)22(30)14-34-23-6-4-3-5-17(23)13-27-19-11-16(24(31)32)7-9-18(19)26/h3-12,22,27,30H,13-14H2,1-2H3,(H,31,32). The predicted molar refractivity (Wildman–Crippen MR) is 131 cm³/mol. The summed E-state index contributed by atoms with van der Waals surface area (Å²) in [5, 5.41) is 23.5. The van der Waals surface area contributed by atoms with Crippen molar-refractivity contribution in [2.75, 3.05) is 11.9 Å². The molecule has 176 valence electrons. The van der Waals surface area contributed by atoms with E-state index in [0.717, 1.165) is 16.6 Å². The number of aliphatic hydroxyl groups excluding tert-OH is 1. The third-order valence-electron chi connectivity index (χ3n) is 5.73. The van der Waals surface area contributed by atoms with E-state index in [1.165, 1.54) is 22.8 Å². The highest BCUT2D eigenvalue weighted by atomic mass is 35.5. The number of carboxylic acid groups (broad SMARTS) is 1. The smallest absolute Gasteiger partial charge is 0.335 e. The van der Waals surface area contributed by atoms with Gasteiger partial charge in [0.25, 0.3) is 0 Å². The third-order valence-corrected chi connectivity index (χ3v) is 6.06. The first-order valence-electron chi connectivity index (χ1n) is 10.6. The van der Waals surface area contributed by atoms with Crippen molar-refractivity contribution in [1.29, 1.82) is 0 Å². The Morgan fingerprint density at radius 1 is 1.06 bits per heavy atom. The molecule has 0 amide bonds. The first kappa shape index (κ1) is 23.4. The normalized spacial score (nSPS) is 12.0. The number of aliphatic hydroxyl groups is 1. The van der Waals surface area contributed by atoms with Crippen LogP contribution in [0.15, 0.2) is 65.5 Å². The lowest BCUT2D eigenvalue weighted by molar-refractivity contribution is 0.0697. The fourth-order valence-electron chi connectivity index (χ4n) is 3.77. The van der Waals surface area contributed by atoms with Gasteiger partial charge in [0.05, 0.1) is 27.3 Å². The Kier molecular flexibility index (Phi) is 6.63. The zero-order valence-electron chi connectivity index (χ0n) is 18.7. The molecule has 4 aromatic rings. The quantitative estimate of drug-likeness (QED) is 0.352. The van der Waals surface area contributed by atoms with Crippen LogP contribution in [0.3, 0.4) is 0 Å². The zero-order valence-corrected chi connectivity index (χ0v) is 19.4. The molecule has 9 heteroatoms. The Balaban J connectivity index is 1.47. The third kappa shape index (κ3) is 4.64. The Bertz CT molecular complexity index is 1430. The average Bonchev–Trinajstić information content (AvgIpc) is 3.05. The number of aryl methyl sites for hydroxylation is 2. The van der Waals surface area contributed by atoms with Gasteiger partial charge in [-0.1, -0.05) is 35.9 Å². The minimum atomic E-state index is -1.04. The average molecular weight is 482 g/mol. The van der Waals surface area contributed by atoms with Gasteiger partial charge in [-0.05, 0) is 42.0 Å². The van der Waals surface area contributed by atoms with Gasteiger partial charge in [0, 0.05) is 26.2 Å². The second-order valence-corrected chi connectivity index (χ2v) is 8.34. The number of imidazole rings is 1. The van der Waals surface area contributed by atoms with Gasteiger partial charge < -0.3 is 20.3 Å². The van der Waals surface area contributed by atoms with Gasteiger partial charge in [-0.15, -0.1) is 0 Å². The molecule has 0 fully saturated rings. The van der Waals surface area contributed by atoms with Gasteiger partial charge in [-0.3, -0.25) is 9.13 Å². The van der Waals surface area contributed by atoms with Gasteiger partial charge in [-0.2, -0.15) is 0 Å². The Morgan fingerprint density at radius 2 is 1.79 bits per heavy atom. The molecule has 0 aliphatic rings. The van der Waals surface area contributed by atoms with Crippen LogP contribution in [0.2, 0.25) is 5.02 Å². The molecule has 0 saturated heterocycles. The van der Waals surface area contributed by atoms with E-state index in [4.69, 9.17) is 16.3 Å². The van der Waals surface area contributed by atoms with Gasteiger partial charge in [0.15, 0.2) is 0 Å². The van der Waals surface area contributed by atoms with Gasteiger partial charge in [0.1, 0.15) is 18.5 Å². The van der Waals surface area contributed by atoms with Crippen LogP contribution in [0.25, 0.3) is 11.0 Å². The van der Waals surface area contributed by atoms with Crippen molar-refractivity contribution in [2.45, 2.75) is 12.6 Å². The van der Waals surface area contributed by atoms with Crippen LogP contribution < -0.4 is 15.7 Å². The monoisotopic (exact) mass is 481 g/mol. The molecule has 4 rings (SSSR count). The van der Waals surface area contributed by atoms with Crippen molar-refractivity contribution in [3.05, 3.63) is 92.9 Å². The number of benzene rings is 3. The van der Waals surface area contributed by atoms with Crippen LogP contribution in [0, 0.1) is 0 Å². The van der Waals surface area contributed by atoms with E-state index in [0.29, 0.717) is 28.6 Å². The Hall–Kier alpha value is -3.75. The molecule has 3 aromatic carbocycles. The second-order valence-electron chi connectivity index (χ2n) is 7.94. The summed E-state index contributed by atoms with van der Waals surface area (Å²) >= 11 is 6.20. The maximum absolute atomic E-state index is 12.1. The number of fused-ring (bicyclic) bond motifs is 1. The number of para-hydroxylation sites is 1. The summed E-state index contributed by atoms with van der Waals surface area (Å²) in [5.74, 6) is -0.459. The minimum Gasteiger partial charge on any atom is -0.490 e. The topological polar surface area (TPSA) is 106 Å². The van der Waals surface area contributed by atoms with Crippen LogP contribution >= 0.6 is 11.6 Å². The van der Waals surface area contributed by atoms with Crippen LogP contribution in [0.4, 0.5) is 5.69 Å². The number of aromatic carboxylic acids is 1. The molecule has 0 spiro atoms. The summed E-state index contributed by atoms with van der Waals surface area (Å²) in [6, 6.07) is 17.2. The van der Waals surface area contributed by atoms with Crippen molar-refractivity contribution < 1.29 is 19.7 Å². The first-order chi connectivity index (χ1) is 16.3. The lowest BCUT2D eigenvalue weighted by Crippen LogP contribution is -2.19. The number of halogens is 1. The molecule has 1 unspecified atom stereocenters. The van der Waals surface area contributed by atoms with E-state index in [1.54, 1.807) is 36.9 Å². The number of anilines is 1. The molecule has 0 aliphatic heterocycles. The Labute approximate surface area is 200 Å². The molecule has 0 aliphatic carbocycles. The molecule has 34 heavy (non-hydrogen) atoms. The highest BCUT2D eigenvalue weighted by Crippen LogP contribution is 2.27. The van der Waals surface area contributed by atoms with E-state index in [1.807, 2.05) is 24.3 Å². The van der Waals surface area contributed by atoms with E-state index in [2.05, 4.69) is 5.32 Å². The maximum atomic E-state index is 12.1. The molecule has 0 saturated carbocycles. The van der Waals surface area contributed by atoms with Gasteiger partial charge in [0.2, 0.25) is 0 Å². The van der Waals surface area contributed by atoms with Crippen molar-refractivity contribution in [2.24, 2.45) is 14.1 Å². The summed E-state index contributed by atoms with van der Waals surface area (Å²) in [4.78, 5) is 23.4. The zero-order chi connectivity index (χ0) is 24.4. The van der Waals surface area contributed by atoms with Gasteiger partial charge >= 0.3 is 11.7 Å². The van der Waals surface area contributed by atoms with Crippen LogP contribution in [-0.4, -0.2) is 31.9 Å². The number of carbonyl (C=O) groups is 1. The van der Waals surface area contributed by atoms with Crippen molar-refractivity contribution in [3.8, 4) is 5.75 Å². The first-order valence-corrected chi connectivity index (χ1v) is 10.9. The lowest BCUT2D eigenvalue weighted by Gasteiger charge is -2.16. The molecular formula is C25H24ClN3O5. The SMILES string of the molecule is Cn1c(=O)n(C)c2cc(C(O)COc3ccccc3CNc3cc(C(=O)O)ccc3Cl)ccc21. The van der Waals surface area contributed by atoms with Crippen molar-refractivity contribution in [3.63, 3.8) is 0 Å². The van der Waals surface area contributed by atoms with Crippen LogP contribution in [-0.2, 0) is 20.6 Å². The van der Waals surface area contributed by atoms with E-state index in [9.17, 15) is 19.8 Å². The Morgan fingerprint density at radius 3 is 2.56 bits per heavy atom. The van der Waals surface area contributed by atoms with Crippen LogP contribution in [0.5, 0.6) is 5.75 Å². The van der Waals surface area contributed by atoms with Crippen molar-refractivity contribution >= 4 is 34.3 Å². The summed E-state index contributed by atoms with van der Waals surface area (Å²) in [5.41, 5.74) is 3.47. The summed E-state index contributed by atoms with van der Waals surface area (Å²) in [6.07, 6.45) is -0.901. The molecule has 0 radical (unpaired) electrons. The number of nitrogens with one attached hydrogen (secondary N) is 1. The molecule has 3 N–H and O–H groups in total. The number of ether oxygens (including phenoxy) is 1. The summed E-state index contributed by atoms with van der Waals surface area (Å²) < 4.78 is 9.01. The predicted octanol–water partition coefficient (Wildman–Crippen LogP) is 3.95. The fourth-order valence-corrected chi connectivity index (χ4v) is 3.96. The summed E-state index contributed by atoms with van der Waals surface area (Å²) in [6.45, 7) is 0.353. The number of aromatic nitrogens is 2.